The lowest BCUT2D eigenvalue weighted by molar-refractivity contribution is -0.384. The zero-order valence-electron chi connectivity index (χ0n) is 11.9. The van der Waals surface area contributed by atoms with Gasteiger partial charge in [-0.2, -0.15) is 0 Å². The molecule has 0 aromatic heterocycles. The highest BCUT2D eigenvalue weighted by Gasteiger charge is 2.60. The number of non-ortho nitro benzene ring substituents is 1. The summed E-state index contributed by atoms with van der Waals surface area (Å²) >= 11 is 0. The van der Waals surface area contributed by atoms with Crippen molar-refractivity contribution >= 4 is 23.2 Å². The number of nitrogens with zero attached hydrogens (tertiary/aromatic N) is 2. The highest BCUT2D eigenvalue weighted by atomic mass is 16.6. The van der Waals surface area contributed by atoms with E-state index in [1.54, 1.807) is 0 Å². The van der Waals surface area contributed by atoms with Crippen LogP contribution in [-0.4, -0.2) is 16.7 Å². The van der Waals surface area contributed by atoms with Crippen LogP contribution in [0.2, 0.25) is 0 Å². The maximum Gasteiger partial charge on any atom is 0.269 e. The number of carbonyl (C=O) groups is 2. The third kappa shape index (κ3) is 1.55. The molecule has 2 bridgehead atoms. The van der Waals surface area contributed by atoms with Crippen molar-refractivity contribution in [2.45, 2.75) is 13.3 Å². The van der Waals surface area contributed by atoms with Crippen LogP contribution in [0.5, 0.6) is 0 Å². The van der Waals surface area contributed by atoms with Crippen LogP contribution in [-0.2, 0) is 9.59 Å². The molecule has 2 fully saturated rings. The fourth-order valence-electron chi connectivity index (χ4n) is 4.25. The average molecular weight is 298 g/mol. The Morgan fingerprint density at radius 3 is 2.41 bits per heavy atom. The van der Waals surface area contributed by atoms with Gasteiger partial charge in [0.05, 0.1) is 22.4 Å². The van der Waals surface area contributed by atoms with Gasteiger partial charge in [-0.3, -0.25) is 24.6 Å². The SMILES string of the molecule is CC1=CC2CC1C1C(=O)N(c3ccc([N+](=O)[O-])cc3)C(=O)C21. The van der Waals surface area contributed by atoms with E-state index in [0.717, 1.165) is 6.42 Å². The molecule has 6 heteroatoms. The Kier molecular flexibility index (Phi) is 2.55. The molecular formula is C16H14N2O4. The van der Waals surface area contributed by atoms with Crippen molar-refractivity contribution in [1.82, 2.24) is 0 Å². The minimum Gasteiger partial charge on any atom is -0.274 e. The number of benzene rings is 1. The molecule has 0 radical (unpaired) electrons. The molecule has 112 valence electrons. The summed E-state index contributed by atoms with van der Waals surface area (Å²) in [5, 5.41) is 10.7. The van der Waals surface area contributed by atoms with E-state index in [1.807, 2.05) is 6.92 Å². The summed E-state index contributed by atoms with van der Waals surface area (Å²) < 4.78 is 0. The Morgan fingerprint density at radius 2 is 1.77 bits per heavy atom. The summed E-state index contributed by atoms with van der Waals surface area (Å²) in [7, 11) is 0. The van der Waals surface area contributed by atoms with Gasteiger partial charge < -0.3 is 0 Å². The van der Waals surface area contributed by atoms with Crippen molar-refractivity contribution in [3.05, 3.63) is 46.0 Å². The molecule has 2 aliphatic carbocycles. The van der Waals surface area contributed by atoms with Crippen LogP contribution in [0.15, 0.2) is 35.9 Å². The monoisotopic (exact) mass is 298 g/mol. The zero-order valence-corrected chi connectivity index (χ0v) is 11.9. The van der Waals surface area contributed by atoms with Crippen LogP contribution in [0.1, 0.15) is 13.3 Å². The number of allylic oxidation sites excluding steroid dienone is 2. The number of fused-ring (bicyclic) bond motifs is 5. The summed E-state index contributed by atoms with van der Waals surface area (Å²) in [4.78, 5) is 36.8. The summed E-state index contributed by atoms with van der Waals surface area (Å²) in [6.07, 6.45) is 3.02. The van der Waals surface area contributed by atoms with Crippen molar-refractivity contribution in [1.29, 1.82) is 0 Å². The van der Waals surface area contributed by atoms with Gasteiger partial charge in [-0.1, -0.05) is 11.6 Å². The van der Waals surface area contributed by atoms with E-state index >= 15 is 0 Å². The molecule has 0 spiro atoms. The summed E-state index contributed by atoms with van der Waals surface area (Å²) in [6.45, 7) is 2.02. The first-order valence-electron chi connectivity index (χ1n) is 7.29. The summed E-state index contributed by atoms with van der Waals surface area (Å²) in [6, 6.07) is 5.58. The topological polar surface area (TPSA) is 80.5 Å². The van der Waals surface area contributed by atoms with Crippen LogP contribution >= 0.6 is 0 Å². The molecule has 1 heterocycles. The Hall–Kier alpha value is -2.50. The van der Waals surface area contributed by atoms with E-state index in [9.17, 15) is 19.7 Å². The Bertz CT molecular complexity index is 737. The summed E-state index contributed by atoms with van der Waals surface area (Å²) in [5.74, 6) is -0.498. The highest BCUT2D eigenvalue weighted by Crippen LogP contribution is 2.55. The smallest absolute Gasteiger partial charge is 0.269 e. The molecule has 4 rings (SSSR count). The van der Waals surface area contributed by atoms with Gasteiger partial charge in [0, 0.05) is 12.1 Å². The number of amides is 2. The Labute approximate surface area is 126 Å². The lowest BCUT2D eigenvalue weighted by Gasteiger charge is -2.19. The number of hydrogen-bond acceptors (Lipinski definition) is 4. The second-order valence-electron chi connectivity index (χ2n) is 6.25. The first-order chi connectivity index (χ1) is 10.5. The molecule has 1 aromatic carbocycles. The fourth-order valence-corrected chi connectivity index (χ4v) is 4.25. The lowest BCUT2D eigenvalue weighted by Crippen LogP contribution is -2.32. The number of nitro groups is 1. The maximum atomic E-state index is 12.7. The zero-order chi connectivity index (χ0) is 15.6. The van der Waals surface area contributed by atoms with Gasteiger partial charge in [0.15, 0.2) is 0 Å². The molecule has 4 atom stereocenters. The van der Waals surface area contributed by atoms with Gasteiger partial charge in [-0.15, -0.1) is 0 Å². The number of hydrogen-bond donors (Lipinski definition) is 0. The van der Waals surface area contributed by atoms with Crippen LogP contribution in [0.4, 0.5) is 11.4 Å². The van der Waals surface area contributed by atoms with Crippen LogP contribution in [0.25, 0.3) is 0 Å². The largest absolute Gasteiger partial charge is 0.274 e. The third-order valence-electron chi connectivity index (χ3n) is 5.20. The van der Waals surface area contributed by atoms with Crippen molar-refractivity contribution < 1.29 is 14.5 Å². The first-order valence-corrected chi connectivity index (χ1v) is 7.29. The van der Waals surface area contributed by atoms with Crippen molar-refractivity contribution in [2.24, 2.45) is 23.7 Å². The van der Waals surface area contributed by atoms with Gasteiger partial charge >= 0.3 is 0 Å². The molecule has 2 amide bonds. The van der Waals surface area contributed by atoms with Crippen molar-refractivity contribution in [2.75, 3.05) is 4.90 Å². The second-order valence-corrected chi connectivity index (χ2v) is 6.25. The number of anilines is 1. The molecule has 4 unspecified atom stereocenters. The molecule has 1 aromatic rings. The van der Waals surface area contributed by atoms with Crippen LogP contribution in [0, 0.1) is 33.8 Å². The first kappa shape index (κ1) is 13.2. The normalized spacial score (nSPS) is 32.4. The van der Waals surface area contributed by atoms with E-state index in [2.05, 4.69) is 6.08 Å². The third-order valence-corrected chi connectivity index (χ3v) is 5.20. The van der Waals surface area contributed by atoms with Crippen LogP contribution < -0.4 is 4.90 Å². The quantitative estimate of drug-likeness (QED) is 0.363. The number of carbonyl (C=O) groups excluding carboxylic acids is 2. The van der Waals surface area contributed by atoms with E-state index in [1.165, 1.54) is 34.7 Å². The average Bonchev–Trinajstić information content (AvgIpc) is 3.11. The fraction of sp³-hybridized carbons (Fsp3) is 0.375. The predicted molar refractivity (Wildman–Crippen MR) is 77.9 cm³/mol. The molecule has 1 aliphatic heterocycles. The summed E-state index contributed by atoms with van der Waals surface area (Å²) in [5.41, 5.74) is 1.57. The minimum atomic E-state index is -0.500. The number of nitro benzene ring substituents is 1. The van der Waals surface area contributed by atoms with Gasteiger partial charge in [0.2, 0.25) is 11.8 Å². The number of imide groups is 1. The van der Waals surface area contributed by atoms with E-state index in [0.29, 0.717) is 5.69 Å². The van der Waals surface area contributed by atoms with Gasteiger partial charge in [-0.05, 0) is 37.3 Å². The molecular weight excluding hydrogens is 284 g/mol. The molecule has 6 nitrogen and oxygen atoms in total. The minimum absolute atomic E-state index is 0.0550. The van der Waals surface area contributed by atoms with Crippen molar-refractivity contribution in [3.63, 3.8) is 0 Å². The van der Waals surface area contributed by atoms with Gasteiger partial charge in [0.1, 0.15) is 0 Å². The Balaban J connectivity index is 1.69. The molecule has 1 saturated carbocycles. The molecule has 0 N–H and O–H groups in total. The predicted octanol–water partition coefficient (Wildman–Crippen LogP) is 2.30. The van der Waals surface area contributed by atoms with Crippen LogP contribution in [0.3, 0.4) is 0 Å². The van der Waals surface area contributed by atoms with E-state index in [-0.39, 0.29) is 41.2 Å². The van der Waals surface area contributed by atoms with Crippen molar-refractivity contribution in [3.8, 4) is 0 Å². The van der Waals surface area contributed by atoms with E-state index < -0.39 is 4.92 Å². The maximum absolute atomic E-state index is 12.7. The van der Waals surface area contributed by atoms with Gasteiger partial charge in [-0.25, -0.2) is 0 Å². The Morgan fingerprint density at radius 1 is 1.14 bits per heavy atom. The molecule has 3 aliphatic rings. The molecule has 22 heavy (non-hydrogen) atoms. The number of rotatable bonds is 2. The molecule has 1 saturated heterocycles. The highest BCUT2D eigenvalue weighted by molar-refractivity contribution is 6.22. The van der Waals surface area contributed by atoms with Gasteiger partial charge in [0.25, 0.3) is 5.69 Å². The van der Waals surface area contributed by atoms with E-state index in [4.69, 9.17) is 0 Å². The standard InChI is InChI=1S/C16H14N2O4/c1-8-6-9-7-12(8)14-13(9)15(19)17(16(14)20)10-2-4-11(5-3-10)18(21)22/h2-6,9,12-14H,7H2,1H3. The second kappa shape index (κ2) is 4.25. The lowest BCUT2D eigenvalue weighted by atomic mass is 9.82.